The monoisotopic (exact) mass is 525 g/mol. The Balaban J connectivity index is 1.49. The molecule has 0 saturated heterocycles. The first-order chi connectivity index (χ1) is 15.1. The van der Waals surface area contributed by atoms with E-state index in [9.17, 15) is 9.59 Å². The number of halogens is 1. The van der Waals surface area contributed by atoms with Crippen molar-refractivity contribution in [3.63, 3.8) is 0 Å². The third kappa shape index (κ3) is 6.38. The zero-order valence-electron chi connectivity index (χ0n) is 16.1. The van der Waals surface area contributed by atoms with Crippen molar-refractivity contribution in [3.05, 3.63) is 93.1 Å². The van der Waals surface area contributed by atoms with Gasteiger partial charge < -0.3 is 9.47 Å². The number of amides is 1. The molecule has 0 heterocycles. The number of nitrogens with one attached hydrogen (secondary N) is 1. The SMILES string of the molecule is N#Cc1ccccc1OCC(=O)N/N=C/c1ccc(OC(=O)c2ccccc2I)cc1. The van der Waals surface area contributed by atoms with Gasteiger partial charge in [-0.1, -0.05) is 24.3 Å². The van der Waals surface area contributed by atoms with Gasteiger partial charge in [0.1, 0.15) is 17.6 Å². The number of esters is 1. The van der Waals surface area contributed by atoms with E-state index in [-0.39, 0.29) is 6.61 Å². The summed E-state index contributed by atoms with van der Waals surface area (Å²) in [5, 5.41) is 12.9. The van der Waals surface area contributed by atoms with Crippen LogP contribution in [0.15, 0.2) is 77.9 Å². The molecule has 0 saturated carbocycles. The van der Waals surface area contributed by atoms with Crippen LogP contribution in [0.4, 0.5) is 0 Å². The Morgan fingerprint density at radius 3 is 2.48 bits per heavy atom. The average molecular weight is 525 g/mol. The quantitative estimate of drug-likeness (QED) is 0.166. The smallest absolute Gasteiger partial charge is 0.344 e. The molecule has 3 rings (SSSR count). The Labute approximate surface area is 192 Å². The number of hydrogen-bond acceptors (Lipinski definition) is 6. The maximum atomic E-state index is 12.2. The molecule has 0 fully saturated rings. The van der Waals surface area contributed by atoms with E-state index in [0.717, 1.165) is 3.57 Å². The molecule has 31 heavy (non-hydrogen) atoms. The van der Waals surface area contributed by atoms with Crippen LogP contribution in [0, 0.1) is 14.9 Å². The largest absolute Gasteiger partial charge is 0.482 e. The lowest BCUT2D eigenvalue weighted by Gasteiger charge is -2.06. The molecule has 3 aromatic carbocycles. The predicted molar refractivity (Wildman–Crippen MR) is 123 cm³/mol. The van der Waals surface area contributed by atoms with Gasteiger partial charge in [-0.2, -0.15) is 10.4 Å². The maximum absolute atomic E-state index is 12.2. The fourth-order valence-corrected chi connectivity index (χ4v) is 3.06. The predicted octanol–water partition coefficient (Wildman–Crippen LogP) is 3.91. The number of hydrogen-bond donors (Lipinski definition) is 1. The van der Waals surface area contributed by atoms with Gasteiger partial charge >= 0.3 is 5.97 Å². The summed E-state index contributed by atoms with van der Waals surface area (Å²) in [4.78, 5) is 24.1. The summed E-state index contributed by atoms with van der Waals surface area (Å²) in [6.07, 6.45) is 1.45. The molecule has 0 atom stereocenters. The Kier molecular flexibility index (Phi) is 7.73. The Hall–Kier alpha value is -3.71. The van der Waals surface area contributed by atoms with Crippen LogP contribution < -0.4 is 14.9 Å². The third-order valence-electron chi connectivity index (χ3n) is 3.95. The highest BCUT2D eigenvalue weighted by Gasteiger charge is 2.11. The number of carbonyl (C=O) groups excluding carboxylic acids is 2. The van der Waals surface area contributed by atoms with Crippen LogP contribution in [-0.2, 0) is 4.79 Å². The highest BCUT2D eigenvalue weighted by atomic mass is 127. The molecule has 3 aromatic rings. The number of rotatable bonds is 7. The Morgan fingerprint density at radius 1 is 1.03 bits per heavy atom. The van der Waals surface area contributed by atoms with Gasteiger partial charge in [0.25, 0.3) is 5.91 Å². The second kappa shape index (κ2) is 10.9. The van der Waals surface area contributed by atoms with Gasteiger partial charge in [0.05, 0.1) is 17.3 Å². The number of nitrogens with zero attached hydrogens (tertiary/aromatic N) is 2. The van der Waals surface area contributed by atoms with Crippen molar-refractivity contribution in [2.75, 3.05) is 6.61 Å². The van der Waals surface area contributed by atoms with Crippen molar-refractivity contribution in [2.45, 2.75) is 0 Å². The summed E-state index contributed by atoms with van der Waals surface area (Å²) in [6.45, 7) is -0.275. The normalized spacial score (nSPS) is 10.3. The van der Waals surface area contributed by atoms with Crippen molar-refractivity contribution >= 4 is 40.7 Å². The minimum absolute atomic E-state index is 0.275. The van der Waals surface area contributed by atoms with Crippen molar-refractivity contribution in [3.8, 4) is 17.6 Å². The van der Waals surface area contributed by atoms with Crippen molar-refractivity contribution in [1.29, 1.82) is 5.26 Å². The molecule has 0 unspecified atom stereocenters. The maximum Gasteiger partial charge on any atom is 0.344 e. The van der Waals surface area contributed by atoms with Crippen LogP contribution in [0.1, 0.15) is 21.5 Å². The van der Waals surface area contributed by atoms with E-state index in [0.29, 0.717) is 28.2 Å². The summed E-state index contributed by atoms with van der Waals surface area (Å²) in [5.74, 6) is -0.168. The van der Waals surface area contributed by atoms with Gasteiger partial charge in [-0.25, -0.2) is 10.2 Å². The zero-order chi connectivity index (χ0) is 22.1. The van der Waals surface area contributed by atoms with E-state index >= 15 is 0 Å². The minimum atomic E-state index is -0.466. The van der Waals surface area contributed by atoms with Crippen LogP contribution in [0.25, 0.3) is 0 Å². The summed E-state index contributed by atoms with van der Waals surface area (Å²) in [7, 11) is 0. The van der Waals surface area contributed by atoms with Crippen LogP contribution in [-0.4, -0.2) is 24.7 Å². The minimum Gasteiger partial charge on any atom is -0.482 e. The average Bonchev–Trinajstić information content (AvgIpc) is 2.79. The molecule has 0 radical (unpaired) electrons. The second-order valence-corrected chi connectivity index (χ2v) is 7.29. The molecule has 1 N–H and O–H groups in total. The first-order valence-corrected chi connectivity index (χ1v) is 10.2. The van der Waals surface area contributed by atoms with Crippen LogP contribution >= 0.6 is 22.6 Å². The van der Waals surface area contributed by atoms with Crippen molar-refractivity contribution < 1.29 is 19.1 Å². The fraction of sp³-hybridized carbons (Fsp3) is 0.0435. The van der Waals surface area contributed by atoms with Gasteiger partial charge in [0.2, 0.25) is 0 Å². The van der Waals surface area contributed by atoms with Gasteiger partial charge in [-0.15, -0.1) is 0 Å². The van der Waals surface area contributed by atoms with Gasteiger partial charge in [-0.3, -0.25) is 4.79 Å². The fourth-order valence-electron chi connectivity index (χ4n) is 2.45. The number of para-hydroxylation sites is 1. The summed E-state index contributed by atoms with van der Waals surface area (Å²) in [6, 6.07) is 22.5. The lowest BCUT2D eigenvalue weighted by molar-refractivity contribution is -0.123. The third-order valence-corrected chi connectivity index (χ3v) is 4.89. The van der Waals surface area contributed by atoms with Gasteiger partial charge in [0, 0.05) is 3.57 Å². The first kappa shape index (κ1) is 22.0. The van der Waals surface area contributed by atoms with Crippen molar-refractivity contribution in [1.82, 2.24) is 5.43 Å². The molecule has 8 heteroatoms. The molecule has 154 valence electrons. The molecule has 0 aliphatic carbocycles. The molecule has 0 aromatic heterocycles. The summed E-state index contributed by atoms with van der Waals surface area (Å²) < 4.78 is 11.5. The standard InChI is InChI=1S/C23H16IN3O4/c24-20-7-3-2-6-19(20)23(29)31-18-11-9-16(10-12-18)14-26-27-22(28)15-30-21-8-4-1-5-17(21)13-25/h1-12,14H,15H2,(H,27,28)/b26-14+. The number of hydrazone groups is 1. The molecule has 0 aliphatic heterocycles. The molecule has 0 spiro atoms. The number of ether oxygens (including phenoxy) is 2. The van der Waals surface area contributed by atoms with Crippen molar-refractivity contribution in [2.24, 2.45) is 5.10 Å². The molecular weight excluding hydrogens is 509 g/mol. The summed E-state index contributed by atoms with van der Waals surface area (Å²) in [5.41, 5.74) is 3.89. The first-order valence-electron chi connectivity index (χ1n) is 9.07. The second-order valence-electron chi connectivity index (χ2n) is 6.13. The number of benzene rings is 3. The van der Waals surface area contributed by atoms with Crippen LogP contribution in [0.5, 0.6) is 11.5 Å². The number of carbonyl (C=O) groups is 2. The molecule has 0 bridgehead atoms. The van der Waals surface area contributed by atoms with Crippen LogP contribution in [0.2, 0.25) is 0 Å². The van der Waals surface area contributed by atoms with E-state index in [1.54, 1.807) is 60.7 Å². The highest BCUT2D eigenvalue weighted by molar-refractivity contribution is 14.1. The molecule has 1 amide bonds. The van der Waals surface area contributed by atoms with Gasteiger partial charge in [0.15, 0.2) is 6.61 Å². The Morgan fingerprint density at radius 2 is 1.74 bits per heavy atom. The molecule has 0 aliphatic rings. The van der Waals surface area contributed by atoms with E-state index in [2.05, 4.69) is 33.1 Å². The number of nitriles is 1. The van der Waals surface area contributed by atoms with E-state index in [1.807, 2.05) is 18.2 Å². The molecular formula is C23H16IN3O4. The molecule has 7 nitrogen and oxygen atoms in total. The van der Waals surface area contributed by atoms with Gasteiger partial charge in [-0.05, 0) is 76.7 Å². The highest BCUT2D eigenvalue weighted by Crippen LogP contribution is 2.17. The van der Waals surface area contributed by atoms with E-state index in [1.165, 1.54) is 6.21 Å². The lowest BCUT2D eigenvalue weighted by Crippen LogP contribution is -2.24. The van der Waals surface area contributed by atoms with E-state index in [4.69, 9.17) is 14.7 Å². The topological polar surface area (TPSA) is 101 Å². The zero-order valence-corrected chi connectivity index (χ0v) is 18.3. The van der Waals surface area contributed by atoms with Crippen LogP contribution in [0.3, 0.4) is 0 Å². The summed E-state index contributed by atoms with van der Waals surface area (Å²) >= 11 is 2.08. The Bertz CT molecular complexity index is 1150. The lowest BCUT2D eigenvalue weighted by atomic mass is 10.2. The van der Waals surface area contributed by atoms with E-state index < -0.39 is 11.9 Å².